The fourth-order valence-corrected chi connectivity index (χ4v) is 3.84. The molecule has 148 valence electrons. The highest BCUT2D eigenvalue weighted by Gasteiger charge is 2.36. The molecule has 2 amide bonds. The minimum atomic E-state index is -0.0120. The van der Waals surface area contributed by atoms with E-state index in [9.17, 15) is 9.59 Å². The van der Waals surface area contributed by atoms with Crippen LogP contribution in [0.3, 0.4) is 0 Å². The summed E-state index contributed by atoms with van der Waals surface area (Å²) in [6.07, 6.45) is 6.09. The van der Waals surface area contributed by atoms with E-state index in [1.54, 1.807) is 17.2 Å². The Kier molecular flexibility index (Phi) is 5.15. The average Bonchev–Trinajstić information content (AvgIpc) is 3.39. The number of aromatic nitrogens is 3. The number of rotatable bonds is 5. The molecule has 0 bridgehead atoms. The summed E-state index contributed by atoms with van der Waals surface area (Å²) >= 11 is 0. The van der Waals surface area contributed by atoms with E-state index in [2.05, 4.69) is 24.0 Å². The van der Waals surface area contributed by atoms with Gasteiger partial charge in [-0.2, -0.15) is 0 Å². The molecule has 1 aromatic heterocycles. The number of hydrogen-bond acceptors (Lipinski definition) is 4. The van der Waals surface area contributed by atoms with E-state index in [1.807, 2.05) is 34.1 Å². The number of carbonyl (C=O) groups is 2. The Balaban J connectivity index is 1.51. The monoisotopic (exact) mass is 381 g/mol. The summed E-state index contributed by atoms with van der Waals surface area (Å²) in [6, 6.07) is 7.52. The maximum atomic E-state index is 13.1. The lowest BCUT2D eigenvalue weighted by molar-refractivity contribution is -0.133. The Morgan fingerprint density at radius 3 is 2.43 bits per heavy atom. The van der Waals surface area contributed by atoms with E-state index in [1.165, 1.54) is 12.8 Å². The Morgan fingerprint density at radius 2 is 1.82 bits per heavy atom. The van der Waals surface area contributed by atoms with Crippen molar-refractivity contribution >= 4 is 11.8 Å². The summed E-state index contributed by atoms with van der Waals surface area (Å²) < 4.78 is 1.80. The van der Waals surface area contributed by atoms with Crippen molar-refractivity contribution in [2.75, 3.05) is 19.6 Å². The predicted molar refractivity (Wildman–Crippen MR) is 105 cm³/mol. The van der Waals surface area contributed by atoms with Gasteiger partial charge in [0.25, 0.3) is 5.91 Å². The van der Waals surface area contributed by atoms with Crippen molar-refractivity contribution in [1.29, 1.82) is 0 Å². The molecule has 1 aliphatic carbocycles. The normalized spacial score (nSPS) is 20.5. The lowest BCUT2D eigenvalue weighted by Gasteiger charge is -2.34. The van der Waals surface area contributed by atoms with Crippen molar-refractivity contribution in [3.05, 3.63) is 42.5 Å². The zero-order valence-electron chi connectivity index (χ0n) is 16.5. The fourth-order valence-electron chi connectivity index (χ4n) is 3.84. The molecular weight excluding hydrogens is 354 g/mol. The van der Waals surface area contributed by atoms with Crippen molar-refractivity contribution in [1.82, 2.24) is 24.6 Å². The summed E-state index contributed by atoms with van der Waals surface area (Å²) in [5.41, 5.74) is 1.55. The van der Waals surface area contributed by atoms with Gasteiger partial charge in [-0.1, -0.05) is 13.8 Å². The minimum Gasteiger partial charge on any atom is -0.337 e. The van der Waals surface area contributed by atoms with Gasteiger partial charge in [-0.25, -0.2) is 0 Å². The van der Waals surface area contributed by atoms with Gasteiger partial charge in [0, 0.05) is 37.3 Å². The Morgan fingerprint density at radius 1 is 1.14 bits per heavy atom. The number of hydrogen-bond donors (Lipinski definition) is 0. The zero-order valence-corrected chi connectivity index (χ0v) is 16.5. The van der Waals surface area contributed by atoms with E-state index in [0.717, 1.165) is 12.2 Å². The summed E-state index contributed by atoms with van der Waals surface area (Å²) in [6.45, 7) is 6.20. The summed E-state index contributed by atoms with van der Waals surface area (Å²) in [7, 11) is 0. The van der Waals surface area contributed by atoms with Crippen molar-refractivity contribution in [2.45, 2.75) is 39.2 Å². The van der Waals surface area contributed by atoms with Crippen LogP contribution in [0.4, 0.5) is 0 Å². The van der Waals surface area contributed by atoms with Crippen LogP contribution in [-0.4, -0.2) is 62.1 Å². The van der Waals surface area contributed by atoms with Crippen molar-refractivity contribution in [3.8, 4) is 5.69 Å². The number of nitrogens with zero attached hydrogens (tertiary/aromatic N) is 5. The number of carbonyl (C=O) groups excluding carboxylic acids is 2. The van der Waals surface area contributed by atoms with Gasteiger partial charge in [0.1, 0.15) is 12.7 Å². The lowest BCUT2D eigenvalue weighted by atomic mass is 10.0. The van der Waals surface area contributed by atoms with Gasteiger partial charge in [0.15, 0.2) is 0 Å². The molecule has 0 spiro atoms. The van der Waals surface area contributed by atoms with Crippen LogP contribution in [0, 0.1) is 11.8 Å². The maximum Gasteiger partial charge on any atom is 0.253 e. The Bertz CT molecular complexity index is 827. The van der Waals surface area contributed by atoms with Crippen LogP contribution in [0.2, 0.25) is 0 Å². The molecule has 2 heterocycles. The van der Waals surface area contributed by atoms with Gasteiger partial charge in [-0.15, -0.1) is 10.2 Å². The van der Waals surface area contributed by atoms with E-state index < -0.39 is 0 Å². The molecule has 7 nitrogen and oxygen atoms in total. The third kappa shape index (κ3) is 3.93. The SMILES string of the molecule is CC(C)C1CN(C(=O)c2ccc(-n3cnnc3)cc2)CCC(=O)N1CC1CC1. The molecule has 0 radical (unpaired) electrons. The molecule has 1 aromatic carbocycles. The lowest BCUT2D eigenvalue weighted by Crippen LogP contribution is -2.48. The standard InChI is InChI=1S/C21H27N5O2/c1-15(2)19-12-24(10-9-20(27)26(19)11-16-3-4-16)21(28)17-5-7-18(8-6-17)25-13-22-23-14-25/h5-8,13-16,19H,3-4,9-12H2,1-2H3. The summed E-state index contributed by atoms with van der Waals surface area (Å²) in [5, 5.41) is 7.61. The Hall–Kier alpha value is -2.70. The first-order valence-electron chi connectivity index (χ1n) is 10.1. The third-order valence-corrected chi connectivity index (χ3v) is 5.76. The van der Waals surface area contributed by atoms with Gasteiger partial charge < -0.3 is 9.80 Å². The van der Waals surface area contributed by atoms with E-state index >= 15 is 0 Å². The zero-order chi connectivity index (χ0) is 19.7. The highest BCUT2D eigenvalue weighted by molar-refractivity contribution is 5.95. The number of amides is 2. The van der Waals surface area contributed by atoms with Crippen molar-refractivity contribution in [3.63, 3.8) is 0 Å². The van der Waals surface area contributed by atoms with Crippen LogP contribution >= 0.6 is 0 Å². The topological polar surface area (TPSA) is 71.3 Å². The molecule has 2 aromatic rings. The van der Waals surface area contributed by atoms with Crippen LogP contribution in [0.15, 0.2) is 36.9 Å². The highest BCUT2D eigenvalue weighted by Crippen LogP contribution is 2.32. The first kappa shape index (κ1) is 18.7. The largest absolute Gasteiger partial charge is 0.337 e. The quantitative estimate of drug-likeness (QED) is 0.797. The smallest absolute Gasteiger partial charge is 0.253 e. The second-order valence-electron chi connectivity index (χ2n) is 8.22. The fraction of sp³-hybridized carbons (Fsp3) is 0.524. The summed E-state index contributed by atoms with van der Waals surface area (Å²) in [4.78, 5) is 29.8. The molecule has 1 saturated heterocycles. The van der Waals surface area contributed by atoms with Crippen molar-refractivity contribution in [2.24, 2.45) is 11.8 Å². The molecule has 1 saturated carbocycles. The van der Waals surface area contributed by atoms with Gasteiger partial charge in [-0.3, -0.25) is 14.2 Å². The van der Waals surface area contributed by atoms with E-state index in [-0.39, 0.29) is 17.9 Å². The third-order valence-electron chi connectivity index (χ3n) is 5.76. The Labute approximate surface area is 165 Å². The van der Waals surface area contributed by atoms with Gasteiger partial charge in [-0.05, 0) is 48.9 Å². The van der Waals surface area contributed by atoms with Crippen LogP contribution in [0.1, 0.15) is 43.5 Å². The van der Waals surface area contributed by atoms with Crippen LogP contribution in [0.5, 0.6) is 0 Å². The number of benzene rings is 1. The van der Waals surface area contributed by atoms with E-state index in [4.69, 9.17) is 0 Å². The molecule has 7 heteroatoms. The van der Waals surface area contributed by atoms with Gasteiger partial charge >= 0.3 is 0 Å². The van der Waals surface area contributed by atoms with Crippen LogP contribution in [0.25, 0.3) is 5.69 Å². The first-order chi connectivity index (χ1) is 13.5. The molecule has 1 aliphatic heterocycles. The molecule has 4 rings (SSSR count). The van der Waals surface area contributed by atoms with Crippen LogP contribution < -0.4 is 0 Å². The predicted octanol–water partition coefficient (Wildman–Crippen LogP) is 2.38. The molecule has 2 fully saturated rings. The highest BCUT2D eigenvalue weighted by atomic mass is 16.2. The molecule has 0 N–H and O–H groups in total. The first-order valence-corrected chi connectivity index (χ1v) is 10.1. The van der Waals surface area contributed by atoms with Crippen LogP contribution in [-0.2, 0) is 4.79 Å². The van der Waals surface area contributed by atoms with Gasteiger partial charge in [0.2, 0.25) is 5.91 Å². The second-order valence-corrected chi connectivity index (χ2v) is 8.22. The molecule has 28 heavy (non-hydrogen) atoms. The minimum absolute atomic E-state index is 0.0120. The maximum absolute atomic E-state index is 13.1. The second kappa shape index (κ2) is 7.73. The molecular formula is C21H27N5O2. The summed E-state index contributed by atoms with van der Waals surface area (Å²) in [5.74, 6) is 1.13. The average molecular weight is 381 g/mol. The van der Waals surface area contributed by atoms with E-state index in [0.29, 0.717) is 36.9 Å². The molecule has 1 unspecified atom stereocenters. The molecule has 1 atom stereocenters. The van der Waals surface area contributed by atoms with Crippen molar-refractivity contribution < 1.29 is 9.59 Å². The molecule has 2 aliphatic rings. The van der Waals surface area contributed by atoms with Gasteiger partial charge in [0.05, 0.1) is 6.04 Å².